The normalized spacial score (nSPS) is 12.0. The second kappa shape index (κ2) is 9.38. The van der Waals surface area contributed by atoms with Gasteiger partial charge in [-0.3, -0.25) is 4.79 Å². The zero-order chi connectivity index (χ0) is 24.4. The highest BCUT2D eigenvalue weighted by molar-refractivity contribution is 7.98. The topological polar surface area (TPSA) is 94.8 Å². The molecule has 1 amide bonds. The number of thioether (sulfide) groups is 1. The van der Waals surface area contributed by atoms with Crippen LogP contribution >= 0.6 is 11.8 Å². The van der Waals surface area contributed by atoms with Crippen LogP contribution in [0.25, 0.3) is 5.69 Å². The smallest absolute Gasteiger partial charge is 0.406 e. The summed E-state index contributed by atoms with van der Waals surface area (Å²) < 4.78 is 42.7. The van der Waals surface area contributed by atoms with Crippen LogP contribution < -0.4 is 10.1 Å². The summed E-state index contributed by atoms with van der Waals surface area (Å²) in [5.41, 5.74) is 2.10. The third kappa shape index (κ3) is 6.91. The predicted molar refractivity (Wildman–Crippen MR) is 116 cm³/mol. The molecule has 0 saturated carbocycles. The number of rotatable bonds is 6. The van der Waals surface area contributed by atoms with Gasteiger partial charge in [0.05, 0.1) is 11.4 Å². The number of nitrogens with one attached hydrogen (secondary N) is 1. The van der Waals surface area contributed by atoms with Crippen LogP contribution in [0.5, 0.6) is 5.75 Å². The molecule has 0 bridgehead atoms. The molecule has 12 heteroatoms. The third-order valence-electron chi connectivity index (χ3n) is 4.08. The number of carbonyl (C=O) groups excluding carboxylic acids is 1. The quantitative estimate of drug-likeness (QED) is 0.413. The number of alkyl halides is 3. The molecular weight excluding hydrogens is 457 g/mol. The van der Waals surface area contributed by atoms with Gasteiger partial charge >= 0.3 is 6.36 Å². The fraction of sp³-hybridized carbons (Fsp3) is 0.381. The first-order chi connectivity index (χ1) is 15.3. The van der Waals surface area contributed by atoms with Crippen LogP contribution in [-0.4, -0.2) is 42.8 Å². The maximum atomic E-state index is 12.8. The number of benzene rings is 1. The molecule has 3 aromatic rings. The molecule has 0 aliphatic carbocycles. The van der Waals surface area contributed by atoms with Crippen LogP contribution in [0.1, 0.15) is 48.3 Å². The lowest BCUT2D eigenvalue weighted by Gasteiger charge is -2.20. The van der Waals surface area contributed by atoms with E-state index in [0.717, 1.165) is 11.4 Å². The summed E-state index contributed by atoms with van der Waals surface area (Å²) in [6.07, 6.45) is -4.79. The monoisotopic (exact) mass is 480 g/mol. The Kier molecular flexibility index (Phi) is 6.96. The van der Waals surface area contributed by atoms with E-state index in [4.69, 9.17) is 0 Å². The zero-order valence-electron chi connectivity index (χ0n) is 18.7. The minimum Gasteiger partial charge on any atom is -0.406 e. The van der Waals surface area contributed by atoms with Crippen LogP contribution in [0.2, 0.25) is 0 Å². The molecule has 0 saturated heterocycles. The van der Waals surface area contributed by atoms with Gasteiger partial charge in [-0.15, -0.1) is 18.3 Å². The second-order valence-electron chi connectivity index (χ2n) is 8.26. The number of nitrogens with zero attached hydrogens (tertiary/aromatic N) is 5. The highest BCUT2D eigenvalue weighted by atomic mass is 32.2. The number of carbonyl (C=O) groups is 1. The molecule has 1 N–H and O–H groups in total. The van der Waals surface area contributed by atoms with Crippen LogP contribution in [0.4, 0.5) is 13.2 Å². The Hall–Kier alpha value is -3.15. The van der Waals surface area contributed by atoms with Crippen LogP contribution in [0.15, 0.2) is 35.5 Å². The molecule has 2 aromatic heterocycles. The Morgan fingerprint density at radius 3 is 2.24 bits per heavy atom. The van der Waals surface area contributed by atoms with E-state index in [1.807, 2.05) is 40.7 Å². The van der Waals surface area contributed by atoms with Gasteiger partial charge in [-0.25, -0.2) is 14.6 Å². The summed E-state index contributed by atoms with van der Waals surface area (Å²) in [5.74, 6) is -0.525. The van der Waals surface area contributed by atoms with Crippen molar-refractivity contribution >= 4 is 17.7 Å². The molecule has 0 atom stereocenters. The summed E-state index contributed by atoms with van der Waals surface area (Å²) in [6, 6.07) is 7.00. The van der Waals surface area contributed by atoms with E-state index in [1.165, 1.54) is 40.7 Å². The van der Waals surface area contributed by atoms with Crippen molar-refractivity contribution in [3.63, 3.8) is 0 Å². The first-order valence-corrected chi connectivity index (χ1v) is 10.9. The van der Waals surface area contributed by atoms with Gasteiger partial charge in [-0.1, -0.05) is 17.0 Å². The fourth-order valence-electron chi connectivity index (χ4n) is 2.89. The minimum atomic E-state index is -4.79. The standard InChI is InChI=1S/C21H23F3N6O2S/c1-12-10-13(2)26-19(25-12)33-11-16-17(18(31)27-20(3,4)5)28-29-30(16)14-6-8-15(9-7-14)32-21(22,23)24/h6-10H,11H2,1-5H3,(H,27,31). The lowest BCUT2D eigenvalue weighted by Crippen LogP contribution is -2.41. The Balaban J connectivity index is 1.95. The molecule has 3 rings (SSSR count). The molecule has 0 spiro atoms. The molecule has 0 fully saturated rings. The summed E-state index contributed by atoms with van der Waals surface area (Å²) in [7, 11) is 0. The van der Waals surface area contributed by atoms with Gasteiger partial charge in [0, 0.05) is 22.7 Å². The van der Waals surface area contributed by atoms with E-state index in [2.05, 4.69) is 30.3 Å². The molecule has 33 heavy (non-hydrogen) atoms. The molecule has 176 valence electrons. The second-order valence-corrected chi connectivity index (χ2v) is 9.21. The lowest BCUT2D eigenvalue weighted by atomic mass is 10.1. The third-order valence-corrected chi connectivity index (χ3v) is 4.94. The van der Waals surface area contributed by atoms with Crippen molar-refractivity contribution in [3.8, 4) is 11.4 Å². The van der Waals surface area contributed by atoms with Gasteiger partial charge < -0.3 is 10.1 Å². The number of halogens is 3. The average molecular weight is 481 g/mol. The average Bonchev–Trinajstić information content (AvgIpc) is 3.08. The molecule has 0 radical (unpaired) electrons. The van der Waals surface area contributed by atoms with E-state index in [0.29, 0.717) is 16.5 Å². The molecule has 8 nitrogen and oxygen atoms in total. The van der Waals surface area contributed by atoms with Crippen molar-refractivity contribution in [2.45, 2.75) is 57.4 Å². The Morgan fingerprint density at radius 2 is 1.70 bits per heavy atom. The van der Waals surface area contributed by atoms with Crippen LogP contribution in [0.3, 0.4) is 0 Å². The first kappa shape index (κ1) is 24.5. The molecule has 0 aliphatic rings. The minimum absolute atomic E-state index is 0.109. The van der Waals surface area contributed by atoms with Crippen LogP contribution in [0, 0.1) is 13.8 Å². The predicted octanol–water partition coefficient (Wildman–Crippen LogP) is 4.39. The molecule has 0 unspecified atom stereocenters. The van der Waals surface area contributed by atoms with Gasteiger partial charge in [-0.05, 0) is 65.0 Å². The maximum absolute atomic E-state index is 12.8. The fourth-order valence-corrected chi connectivity index (χ4v) is 3.84. The Morgan fingerprint density at radius 1 is 1.09 bits per heavy atom. The lowest BCUT2D eigenvalue weighted by molar-refractivity contribution is -0.274. The maximum Gasteiger partial charge on any atom is 0.573 e. The van der Waals surface area contributed by atoms with Crippen molar-refractivity contribution in [1.82, 2.24) is 30.3 Å². The van der Waals surface area contributed by atoms with E-state index in [1.54, 1.807) is 0 Å². The SMILES string of the molecule is Cc1cc(C)nc(SCc2c(C(=O)NC(C)(C)C)nnn2-c2ccc(OC(F)(F)F)cc2)n1. The van der Waals surface area contributed by atoms with E-state index in [-0.39, 0.29) is 17.2 Å². The summed E-state index contributed by atoms with van der Waals surface area (Å²) in [4.78, 5) is 21.6. The van der Waals surface area contributed by atoms with Crippen molar-refractivity contribution < 1.29 is 22.7 Å². The number of aromatic nitrogens is 5. The van der Waals surface area contributed by atoms with Gasteiger partial charge in [0.1, 0.15) is 5.75 Å². The summed E-state index contributed by atoms with van der Waals surface area (Å²) >= 11 is 1.30. The summed E-state index contributed by atoms with van der Waals surface area (Å²) in [6.45, 7) is 9.24. The molecule has 2 heterocycles. The highest BCUT2D eigenvalue weighted by Crippen LogP contribution is 2.27. The van der Waals surface area contributed by atoms with Gasteiger partial charge in [0.25, 0.3) is 5.91 Å². The van der Waals surface area contributed by atoms with E-state index in [9.17, 15) is 18.0 Å². The van der Waals surface area contributed by atoms with E-state index >= 15 is 0 Å². The van der Waals surface area contributed by atoms with Crippen molar-refractivity contribution in [2.75, 3.05) is 0 Å². The van der Waals surface area contributed by atoms with Crippen molar-refractivity contribution in [2.24, 2.45) is 0 Å². The number of amides is 1. The number of ether oxygens (including phenoxy) is 1. The van der Waals surface area contributed by atoms with Crippen LogP contribution in [-0.2, 0) is 5.75 Å². The zero-order valence-corrected chi connectivity index (χ0v) is 19.5. The van der Waals surface area contributed by atoms with E-state index < -0.39 is 17.8 Å². The largest absolute Gasteiger partial charge is 0.573 e. The summed E-state index contributed by atoms with van der Waals surface area (Å²) in [5, 5.41) is 11.5. The van der Waals surface area contributed by atoms with Crippen molar-refractivity contribution in [3.05, 3.63) is 53.1 Å². The number of hydrogen-bond acceptors (Lipinski definition) is 7. The molecular formula is C21H23F3N6O2S. The number of hydrogen-bond donors (Lipinski definition) is 1. The number of aryl methyl sites for hydroxylation is 2. The van der Waals surface area contributed by atoms with Crippen molar-refractivity contribution in [1.29, 1.82) is 0 Å². The van der Waals surface area contributed by atoms with Gasteiger partial charge in [0.2, 0.25) is 0 Å². The Bertz CT molecular complexity index is 1120. The Labute approximate surface area is 193 Å². The molecule has 0 aliphatic heterocycles. The first-order valence-electron chi connectivity index (χ1n) is 9.89. The van der Waals surface area contributed by atoms with Gasteiger partial charge in [-0.2, -0.15) is 0 Å². The van der Waals surface area contributed by atoms with Gasteiger partial charge in [0.15, 0.2) is 10.9 Å². The highest BCUT2D eigenvalue weighted by Gasteiger charge is 2.31. The molecule has 1 aromatic carbocycles.